The number of hydrogen-bond donors (Lipinski definition) is 1. The summed E-state index contributed by atoms with van der Waals surface area (Å²) in [6.45, 7) is 4.46. The summed E-state index contributed by atoms with van der Waals surface area (Å²) in [5.41, 5.74) is 3.80. The molecule has 210 valence electrons. The van der Waals surface area contributed by atoms with Crippen molar-refractivity contribution < 1.29 is 18.7 Å². The lowest BCUT2D eigenvalue weighted by molar-refractivity contribution is -0.142. The van der Waals surface area contributed by atoms with Gasteiger partial charge in [-0.15, -0.1) is 11.3 Å². The summed E-state index contributed by atoms with van der Waals surface area (Å²) in [4.78, 5) is 24.3. The topological polar surface area (TPSA) is 55.4 Å². The van der Waals surface area contributed by atoms with Crippen molar-refractivity contribution in [2.45, 2.75) is 51.4 Å². The number of fused-ring (bicyclic) bond motifs is 1. The van der Waals surface area contributed by atoms with Crippen molar-refractivity contribution in [3.05, 3.63) is 104 Å². The maximum Gasteiger partial charge on any atom is 0.307 e. The number of halogens is 3. The van der Waals surface area contributed by atoms with Crippen LogP contribution in [0.5, 0.6) is 0 Å². The highest BCUT2D eigenvalue weighted by Crippen LogP contribution is 2.47. The van der Waals surface area contributed by atoms with Crippen molar-refractivity contribution in [3.8, 4) is 0 Å². The number of thiophene rings is 1. The zero-order valence-electron chi connectivity index (χ0n) is 22.5. The van der Waals surface area contributed by atoms with E-state index in [9.17, 15) is 14.0 Å². The van der Waals surface area contributed by atoms with Crippen LogP contribution in [0.1, 0.15) is 78.4 Å². The third-order valence-electron chi connectivity index (χ3n) is 6.98. The van der Waals surface area contributed by atoms with Crippen LogP contribution in [-0.2, 0) is 9.53 Å². The molecule has 1 amide bonds. The Labute approximate surface area is 252 Å². The van der Waals surface area contributed by atoms with Gasteiger partial charge < -0.3 is 10.1 Å². The minimum atomic E-state index is -0.335. The Kier molecular flexibility index (Phi) is 10.8. The highest BCUT2D eigenvalue weighted by Gasteiger charge is 2.29. The largest absolute Gasteiger partial charge is 0.466 e. The van der Waals surface area contributed by atoms with E-state index in [-0.39, 0.29) is 42.5 Å². The Balaban J connectivity index is 1.70. The zero-order valence-corrected chi connectivity index (χ0v) is 25.7. The van der Waals surface area contributed by atoms with Gasteiger partial charge in [0.05, 0.1) is 13.0 Å². The third-order valence-corrected chi connectivity index (χ3v) is 9.17. The van der Waals surface area contributed by atoms with Gasteiger partial charge in [-0.25, -0.2) is 4.39 Å². The molecule has 0 fully saturated rings. The van der Waals surface area contributed by atoms with Gasteiger partial charge in [-0.1, -0.05) is 55.6 Å². The lowest BCUT2D eigenvalue weighted by atomic mass is 9.74. The van der Waals surface area contributed by atoms with Crippen molar-refractivity contribution in [2.75, 3.05) is 13.2 Å². The summed E-state index contributed by atoms with van der Waals surface area (Å²) in [6.07, 6.45) is 3.11. The molecule has 1 aromatic heterocycles. The van der Waals surface area contributed by atoms with Crippen molar-refractivity contribution in [1.82, 2.24) is 5.32 Å². The number of nitrogens with one attached hydrogen (secondary N) is 1. The highest BCUT2D eigenvalue weighted by molar-refractivity contribution is 9.10. The van der Waals surface area contributed by atoms with Gasteiger partial charge >= 0.3 is 5.97 Å². The van der Waals surface area contributed by atoms with E-state index in [2.05, 4.69) is 45.7 Å². The molecule has 4 nitrogen and oxygen atoms in total. The van der Waals surface area contributed by atoms with Crippen LogP contribution in [0.4, 0.5) is 4.39 Å². The molecule has 0 aliphatic heterocycles. The van der Waals surface area contributed by atoms with Crippen molar-refractivity contribution in [3.63, 3.8) is 0 Å². The predicted molar refractivity (Wildman–Crippen MR) is 165 cm³/mol. The number of ether oxygens (including phenoxy) is 1. The molecule has 0 saturated heterocycles. The summed E-state index contributed by atoms with van der Waals surface area (Å²) >= 11 is 11.4. The van der Waals surface area contributed by atoms with Crippen molar-refractivity contribution in [1.29, 1.82) is 0 Å². The number of carbonyl (C=O) groups is 2. The summed E-state index contributed by atoms with van der Waals surface area (Å²) in [6, 6.07) is 18.7. The zero-order chi connectivity index (χ0) is 28.6. The van der Waals surface area contributed by atoms with Gasteiger partial charge in [0.25, 0.3) is 5.91 Å². The average Bonchev–Trinajstić information content (AvgIpc) is 3.35. The lowest BCUT2D eigenvalue weighted by Crippen LogP contribution is -2.26. The van der Waals surface area contributed by atoms with E-state index in [4.69, 9.17) is 16.3 Å². The Bertz CT molecular complexity index is 1460. The van der Waals surface area contributed by atoms with Crippen molar-refractivity contribution in [2.24, 2.45) is 0 Å². The molecule has 2 atom stereocenters. The highest BCUT2D eigenvalue weighted by atomic mass is 79.9. The molecular weight excluding hydrogens is 613 g/mol. The molecule has 1 unspecified atom stereocenters. The molecule has 40 heavy (non-hydrogen) atoms. The average molecular weight is 645 g/mol. The fraction of sp³-hybridized carbons (Fsp3) is 0.312. The Morgan fingerprint density at radius 3 is 2.42 bits per heavy atom. The minimum absolute atomic E-state index is 0.0458. The Morgan fingerprint density at radius 2 is 1.75 bits per heavy atom. The first-order chi connectivity index (χ1) is 19.3. The standard InChI is InChI=1S/C32H32BrClFNO3S/c1-3-5-6-25(20-7-9-22(10-8-20)32(38)36-16-15-29(37)39-4-2)30(21-11-13-23(34)14-12-21)27-19-40-31-26(27)17-24(35)18-28(31)33/h7-14,17-19,25,30H,3-6,15-16H2,1-2H3,(H,36,38)/t25-,30?/m1/s1. The van der Waals surface area contributed by atoms with E-state index in [1.807, 2.05) is 36.4 Å². The van der Waals surface area contributed by atoms with Crippen LogP contribution in [0.15, 0.2) is 70.5 Å². The number of amides is 1. The normalized spacial score (nSPS) is 12.7. The molecule has 0 aliphatic rings. The van der Waals surface area contributed by atoms with Gasteiger partial charge in [0.15, 0.2) is 0 Å². The monoisotopic (exact) mass is 643 g/mol. The first-order valence-corrected chi connectivity index (χ1v) is 15.5. The van der Waals surface area contributed by atoms with Gasteiger partial charge in [-0.05, 0) is 93.7 Å². The maximum absolute atomic E-state index is 14.6. The summed E-state index contributed by atoms with van der Waals surface area (Å²) in [7, 11) is 0. The van der Waals surface area contributed by atoms with Gasteiger partial charge in [0, 0.05) is 37.6 Å². The molecule has 0 bridgehead atoms. The van der Waals surface area contributed by atoms with E-state index in [1.54, 1.807) is 24.3 Å². The van der Waals surface area contributed by atoms with Gasteiger partial charge in [-0.3, -0.25) is 9.59 Å². The molecule has 1 N–H and O–H groups in total. The first kappa shape index (κ1) is 30.2. The Morgan fingerprint density at radius 1 is 1.05 bits per heavy atom. The van der Waals surface area contributed by atoms with E-state index in [1.165, 1.54) is 6.07 Å². The molecule has 0 aliphatic carbocycles. The second-order valence-electron chi connectivity index (χ2n) is 9.67. The van der Waals surface area contributed by atoms with Crippen LogP contribution in [0.3, 0.4) is 0 Å². The fourth-order valence-corrected chi connectivity index (χ4v) is 6.90. The third kappa shape index (κ3) is 7.31. The number of carbonyl (C=O) groups excluding carboxylic acids is 2. The second-order valence-corrected chi connectivity index (χ2v) is 11.8. The fourth-order valence-electron chi connectivity index (χ4n) is 5.06. The molecule has 3 aromatic carbocycles. The summed E-state index contributed by atoms with van der Waals surface area (Å²) in [5.74, 6) is -0.813. The van der Waals surface area contributed by atoms with Gasteiger partial charge in [0.1, 0.15) is 5.82 Å². The van der Waals surface area contributed by atoms with E-state index in [0.717, 1.165) is 50.5 Å². The van der Waals surface area contributed by atoms with Crippen LogP contribution in [0, 0.1) is 5.82 Å². The Hall–Kier alpha value is -2.74. The molecule has 4 rings (SSSR count). The molecule has 8 heteroatoms. The van der Waals surface area contributed by atoms with Crippen LogP contribution < -0.4 is 5.32 Å². The van der Waals surface area contributed by atoms with Crippen LogP contribution in [0.25, 0.3) is 10.1 Å². The molecule has 0 radical (unpaired) electrons. The first-order valence-electron chi connectivity index (χ1n) is 13.5. The van der Waals surface area contributed by atoms with Gasteiger partial charge in [-0.2, -0.15) is 0 Å². The smallest absolute Gasteiger partial charge is 0.307 e. The SMILES string of the molecule is CCCC[C@H](c1ccc(C(=O)NCCC(=O)OCC)cc1)C(c1ccc(Cl)cc1)c1csc2c(Br)cc(F)cc12. The number of hydrogen-bond acceptors (Lipinski definition) is 4. The molecule has 0 saturated carbocycles. The van der Waals surface area contributed by atoms with E-state index < -0.39 is 0 Å². The number of benzene rings is 3. The van der Waals surface area contributed by atoms with Gasteiger partial charge in [0.2, 0.25) is 0 Å². The predicted octanol–water partition coefficient (Wildman–Crippen LogP) is 9.25. The summed E-state index contributed by atoms with van der Waals surface area (Å²) in [5, 5.41) is 6.49. The number of unbranched alkanes of at least 4 members (excludes halogenated alkanes) is 1. The van der Waals surface area contributed by atoms with Crippen molar-refractivity contribution >= 4 is 60.8 Å². The van der Waals surface area contributed by atoms with Crippen LogP contribution >= 0.6 is 38.9 Å². The minimum Gasteiger partial charge on any atom is -0.466 e. The number of rotatable bonds is 12. The van der Waals surface area contributed by atoms with Crippen LogP contribution in [-0.4, -0.2) is 25.0 Å². The lowest BCUT2D eigenvalue weighted by Gasteiger charge is -2.29. The van der Waals surface area contributed by atoms with E-state index >= 15 is 0 Å². The number of esters is 1. The summed E-state index contributed by atoms with van der Waals surface area (Å²) < 4.78 is 21.3. The molecule has 1 heterocycles. The van der Waals surface area contributed by atoms with Crippen LogP contribution in [0.2, 0.25) is 5.02 Å². The molecule has 4 aromatic rings. The quantitative estimate of drug-likeness (QED) is 0.156. The van der Waals surface area contributed by atoms with E-state index in [0.29, 0.717) is 17.2 Å². The second kappa shape index (κ2) is 14.2. The molecular formula is C32H32BrClFNO3S. The maximum atomic E-state index is 14.6. The molecule has 0 spiro atoms.